The fourth-order valence-corrected chi connectivity index (χ4v) is 1.94. The first-order chi connectivity index (χ1) is 7.19. The quantitative estimate of drug-likeness (QED) is 0.701. The number of hydrogen-bond acceptors (Lipinski definition) is 2. The molecule has 2 atom stereocenters. The molecule has 2 unspecified atom stereocenters. The smallest absolute Gasteiger partial charge is 0.223 e. The maximum Gasteiger partial charge on any atom is 0.223 e. The molecule has 0 radical (unpaired) electrons. The molecule has 15 heavy (non-hydrogen) atoms. The van der Waals surface area contributed by atoms with Gasteiger partial charge in [0.2, 0.25) is 5.91 Å². The average Bonchev–Trinajstić information content (AvgIpc) is 2.14. The van der Waals surface area contributed by atoms with Crippen molar-refractivity contribution in [3.8, 4) is 0 Å². The van der Waals surface area contributed by atoms with Crippen LogP contribution in [-0.2, 0) is 4.79 Å². The molecule has 0 spiro atoms. The zero-order chi connectivity index (χ0) is 11.3. The predicted octanol–water partition coefficient (Wildman–Crippen LogP) is 1.54. The van der Waals surface area contributed by atoms with Crippen LogP contribution in [0.2, 0.25) is 0 Å². The molecule has 1 rings (SSSR count). The second-order valence-electron chi connectivity index (χ2n) is 4.61. The molecule has 88 valence electrons. The van der Waals surface area contributed by atoms with E-state index < -0.39 is 0 Å². The highest BCUT2D eigenvalue weighted by atomic mass is 16.1. The van der Waals surface area contributed by atoms with E-state index in [4.69, 9.17) is 0 Å². The first kappa shape index (κ1) is 12.5. The van der Waals surface area contributed by atoms with Crippen molar-refractivity contribution < 1.29 is 4.79 Å². The summed E-state index contributed by atoms with van der Waals surface area (Å²) < 4.78 is 0. The van der Waals surface area contributed by atoms with Crippen molar-refractivity contribution >= 4 is 5.91 Å². The molecule has 1 heterocycles. The molecule has 0 aromatic carbocycles. The van der Waals surface area contributed by atoms with Gasteiger partial charge in [-0.1, -0.05) is 27.2 Å². The average molecular weight is 212 g/mol. The molecule has 0 aromatic rings. The number of hydrogen-bond donors (Lipinski definition) is 2. The van der Waals surface area contributed by atoms with Crippen LogP contribution in [0.4, 0.5) is 0 Å². The Bertz CT molecular complexity index is 202. The Balaban J connectivity index is 2.31. The van der Waals surface area contributed by atoms with E-state index in [9.17, 15) is 4.79 Å². The van der Waals surface area contributed by atoms with Crippen LogP contribution in [0.15, 0.2) is 0 Å². The lowest BCUT2D eigenvalue weighted by atomic mass is 9.88. The molecule has 1 aliphatic heterocycles. The summed E-state index contributed by atoms with van der Waals surface area (Å²) in [7, 11) is 0. The van der Waals surface area contributed by atoms with E-state index in [1.165, 1.54) is 0 Å². The van der Waals surface area contributed by atoms with Gasteiger partial charge in [0, 0.05) is 12.0 Å². The van der Waals surface area contributed by atoms with E-state index >= 15 is 0 Å². The molecule has 3 heteroatoms. The summed E-state index contributed by atoms with van der Waals surface area (Å²) in [4.78, 5) is 11.9. The Hall–Kier alpha value is -0.570. The van der Waals surface area contributed by atoms with Crippen LogP contribution >= 0.6 is 0 Å². The largest absolute Gasteiger partial charge is 0.353 e. The lowest BCUT2D eigenvalue weighted by Gasteiger charge is -2.32. The monoisotopic (exact) mass is 212 g/mol. The molecule has 1 saturated heterocycles. The molecule has 0 aromatic heterocycles. The van der Waals surface area contributed by atoms with E-state index in [0.717, 1.165) is 32.4 Å². The summed E-state index contributed by atoms with van der Waals surface area (Å²) >= 11 is 0. The second-order valence-corrected chi connectivity index (χ2v) is 4.61. The lowest BCUT2D eigenvalue weighted by molar-refractivity contribution is -0.127. The number of carbonyl (C=O) groups excluding carboxylic acids is 1. The zero-order valence-electron chi connectivity index (χ0n) is 10.2. The minimum atomic E-state index is 0.164. The van der Waals surface area contributed by atoms with Crippen molar-refractivity contribution in [2.24, 2.45) is 11.8 Å². The molecular formula is C12H24N2O. The lowest BCUT2D eigenvalue weighted by Crippen LogP contribution is -2.50. The van der Waals surface area contributed by atoms with Crippen molar-refractivity contribution in [1.82, 2.24) is 10.6 Å². The molecule has 0 saturated carbocycles. The molecule has 3 nitrogen and oxygen atoms in total. The van der Waals surface area contributed by atoms with Gasteiger partial charge in [-0.05, 0) is 31.8 Å². The normalized spacial score (nSPS) is 20.5. The third-order valence-corrected chi connectivity index (χ3v) is 3.41. The summed E-state index contributed by atoms with van der Waals surface area (Å²) in [5, 5.41) is 6.36. The van der Waals surface area contributed by atoms with Crippen molar-refractivity contribution in [1.29, 1.82) is 0 Å². The Morgan fingerprint density at radius 1 is 1.47 bits per heavy atom. The summed E-state index contributed by atoms with van der Waals surface area (Å²) in [6.07, 6.45) is 3.27. The standard InChI is InChI=1S/C12H24N2O/c1-4-6-11(5-2)14-12(15)9(3)10-7-13-8-10/h9-11,13H,4-8H2,1-3H3,(H,14,15). The van der Waals surface area contributed by atoms with Gasteiger partial charge in [0.1, 0.15) is 0 Å². The van der Waals surface area contributed by atoms with Gasteiger partial charge >= 0.3 is 0 Å². The SMILES string of the molecule is CCCC(CC)NC(=O)C(C)C1CNC1. The number of rotatable bonds is 6. The van der Waals surface area contributed by atoms with Crippen LogP contribution < -0.4 is 10.6 Å². The highest BCUT2D eigenvalue weighted by Crippen LogP contribution is 2.16. The number of amides is 1. The minimum Gasteiger partial charge on any atom is -0.353 e. The third kappa shape index (κ3) is 3.49. The van der Waals surface area contributed by atoms with E-state index in [2.05, 4.69) is 24.5 Å². The van der Waals surface area contributed by atoms with Crippen LogP contribution in [0.3, 0.4) is 0 Å². The van der Waals surface area contributed by atoms with E-state index in [0.29, 0.717) is 12.0 Å². The minimum absolute atomic E-state index is 0.164. The fraction of sp³-hybridized carbons (Fsp3) is 0.917. The van der Waals surface area contributed by atoms with Gasteiger partial charge < -0.3 is 10.6 Å². The summed E-state index contributed by atoms with van der Waals surface area (Å²) in [5.41, 5.74) is 0. The van der Waals surface area contributed by atoms with Crippen LogP contribution in [0, 0.1) is 11.8 Å². The molecule has 0 bridgehead atoms. The number of nitrogens with one attached hydrogen (secondary N) is 2. The van der Waals surface area contributed by atoms with Gasteiger partial charge in [0.15, 0.2) is 0 Å². The Morgan fingerprint density at radius 3 is 2.53 bits per heavy atom. The number of carbonyl (C=O) groups is 1. The van der Waals surface area contributed by atoms with Gasteiger partial charge in [-0.3, -0.25) is 4.79 Å². The molecule has 1 amide bonds. The maximum atomic E-state index is 11.9. The van der Waals surface area contributed by atoms with Crippen LogP contribution in [0.5, 0.6) is 0 Å². The topological polar surface area (TPSA) is 41.1 Å². The Morgan fingerprint density at radius 2 is 2.13 bits per heavy atom. The highest BCUT2D eigenvalue weighted by Gasteiger charge is 2.29. The van der Waals surface area contributed by atoms with Crippen molar-refractivity contribution in [3.05, 3.63) is 0 Å². The van der Waals surface area contributed by atoms with Crippen LogP contribution in [0.25, 0.3) is 0 Å². The molecule has 2 N–H and O–H groups in total. The van der Waals surface area contributed by atoms with Crippen molar-refractivity contribution in [3.63, 3.8) is 0 Å². The first-order valence-electron chi connectivity index (χ1n) is 6.20. The molecule has 1 fully saturated rings. The van der Waals surface area contributed by atoms with Crippen molar-refractivity contribution in [2.45, 2.75) is 46.1 Å². The van der Waals surface area contributed by atoms with E-state index in [1.54, 1.807) is 0 Å². The second kappa shape index (κ2) is 6.11. The van der Waals surface area contributed by atoms with E-state index in [-0.39, 0.29) is 11.8 Å². The highest BCUT2D eigenvalue weighted by molar-refractivity contribution is 5.79. The molecule has 0 aliphatic carbocycles. The van der Waals surface area contributed by atoms with Crippen LogP contribution in [-0.4, -0.2) is 25.0 Å². The van der Waals surface area contributed by atoms with Gasteiger partial charge in [-0.25, -0.2) is 0 Å². The predicted molar refractivity (Wildman–Crippen MR) is 62.7 cm³/mol. The van der Waals surface area contributed by atoms with Gasteiger partial charge in [-0.2, -0.15) is 0 Å². The fourth-order valence-electron chi connectivity index (χ4n) is 1.94. The molecule has 1 aliphatic rings. The van der Waals surface area contributed by atoms with Gasteiger partial charge in [-0.15, -0.1) is 0 Å². The summed E-state index contributed by atoms with van der Waals surface area (Å²) in [6, 6.07) is 0.373. The first-order valence-corrected chi connectivity index (χ1v) is 6.20. The van der Waals surface area contributed by atoms with Crippen LogP contribution in [0.1, 0.15) is 40.0 Å². The summed E-state index contributed by atoms with van der Waals surface area (Å²) in [6.45, 7) is 8.34. The maximum absolute atomic E-state index is 11.9. The van der Waals surface area contributed by atoms with Gasteiger partial charge in [0.25, 0.3) is 0 Å². The Labute approximate surface area is 93.0 Å². The zero-order valence-corrected chi connectivity index (χ0v) is 10.2. The van der Waals surface area contributed by atoms with E-state index in [1.807, 2.05) is 6.92 Å². The molecular weight excluding hydrogens is 188 g/mol. The summed E-state index contributed by atoms with van der Waals surface area (Å²) in [5.74, 6) is 0.947. The third-order valence-electron chi connectivity index (χ3n) is 3.41. The Kier molecular flexibility index (Phi) is 5.09. The van der Waals surface area contributed by atoms with Crippen molar-refractivity contribution in [2.75, 3.05) is 13.1 Å². The van der Waals surface area contributed by atoms with Gasteiger partial charge in [0.05, 0.1) is 0 Å².